The summed E-state index contributed by atoms with van der Waals surface area (Å²) in [6.45, 7) is -1.27. The molecule has 2 N–H and O–H groups in total. The van der Waals surface area contributed by atoms with Gasteiger partial charge in [-0.1, -0.05) is 27.5 Å². The third kappa shape index (κ3) is 5.84. The number of nitrogens with zero attached hydrogens (tertiary/aromatic N) is 1. The Morgan fingerprint density at radius 2 is 2.03 bits per heavy atom. The topological polar surface area (TPSA) is 125 Å². The molecule has 0 atom stereocenters. The van der Waals surface area contributed by atoms with E-state index < -0.39 is 35.1 Å². The lowest BCUT2D eigenvalue weighted by Gasteiger charge is -2.09. The zero-order valence-electron chi connectivity index (χ0n) is 16.0. The number of esters is 1. The van der Waals surface area contributed by atoms with Gasteiger partial charge in [-0.2, -0.15) is 9.98 Å². The van der Waals surface area contributed by atoms with Crippen molar-refractivity contribution in [3.05, 3.63) is 43.7 Å². The van der Waals surface area contributed by atoms with Crippen molar-refractivity contribution in [1.29, 1.82) is 5.26 Å². The number of nitrogens with one attached hydrogen (secondary N) is 2. The predicted octanol–water partition coefficient (Wildman–Crippen LogP) is 3.37. The van der Waals surface area contributed by atoms with Crippen LogP contribution in [0.3, 0.4) is 0 Å². The van der Waals surface area contributed by atoms with E-state index in [0.29, 0.717) is 15.0 Å². The molecule has 0 unspecified atom stereocenters. The van der Waals surface area contributed by atoms with Gasteiger partial charge >= 0.3 is 5.97 Å². The number of benzene rings is 1. The Kier molecular flexibility index (Phi) is 7.72. The molecule has 1 aliphatic carbocycles. The number of halogens is 2. The van der Waals surface area contributed by atoms with E-state index in [9.17, 15) is 23.3 Å². The molecule has 0 bridgehead atoms. The highest BCUT2D eigenvalue weighted by molar-refractivity contribution is 9.10. The van der Waals surface area contributed by atoms with E-state index in [1.54, 1.807) is 0 Å². The molecule has 1 amide bonds. The molecule has 0 saturated carbocycles. The number of carbonyl (C=O) groups is 2. The van der Waals surface area contributed by atoms with Gasteiger partial charge in [0.1, 0.15) is 22.5 Å². The number of amides is 1. The van der Waals surface area contributed by atoms with Crippen molar-refractivity contribution in [3.63, 3.8) is 0 Å². The Hall–Kier alpha value is -1.97. The number of rotatable bonds is 7. The molecule has 0 fully saturated rings. The predicted molar refractivity (Wildman–Crippen MR) is 120 cm³/mol. The van der Waals surface area contributed by atoms with Gasteiger partial charge in [0.15, 0.2) is 6.61 Å². The summed E-state index contributed by atoms with van der Waals surface area (Å²) in [5, 5.41) is 12.4. The number of hydrogen-bond donors (Lipinski definition) is 2. The molecule has 1 aromatic heterocycles. The zero-order chi connectivity index (χ0) is 22.6. The maximum Gasteiger partial charge on any atom is 0.321 e. The van der Waals surface area contributed by atoms with Crippen LogP contribution in [0.5, 0.6) is 0 Å². The fraction of sp³-hybridized carbons (Fsp3) is 0.316. The number of ether oxygens (including phenoxy) is 1. The molecule has 1 aliphatic rings. The first-order chi connectivity index (χ1) is 14.7. The average molecular weight is 547 g/mol. The summed E-state index contributed by atoms with van der Waals surface area (Å²) in [6.07, 6.45) is 3.74. The maximum absolute atomic E-state index is 12.3. The molecule has 1 aromatic carbocycles. The second-order valence-corrected chi connectivity index (χ2v) is 10.8. The first-order valence-corrected chi connectivity index (χ1v) is 12.6. The van der Waals surface area contributed by atoms with Gasteiger partial charge in [0.05, 0.1) is 10.6 Å². The smallest absolute Gasteiger partial charge is 0.321 e. The van der Waals surface area contributed by atoms with Crippen molar-refractivity contribution in [3.8, 4) is 6.07 Å². The van der Waals surface area contributed by atoms with E-state index in [2.05, 4.69) is 32.0 Å². The molecule has 164 valence electrons. The number of aryl methyl sites for hydroxylation is 1. The largest absolute Gasteiger partial charge is 0.455 e. The number of nitriles is 1. The van der Waals surface area contributed by atoms with E-state index in [1.807, 2.05) is 0 Å². The standard InChI is InChI=1S/C19H17BrClN3O5S2/c20-11-5-6-16(14(21)7-11)31(27,28)23-9-18(26)29-10-17(25)24-19-13(8-22)12-3-1-2-4-15(12)30-19/h5-7,23H,1-4,9-10H2,(H,24,25). The monoisotopic (exact) mass is 545 g/mol. The third-order valence-corrected chi connectivity index (χ3v) is 8.07. The van der Waals surface area contributed by atoms with Gasteiger partial charge in [-0.05, 0) is 49.4 Å². The molecule has 0 spiro atoms. The summed E-state index contributed by atoms with van der Waals surface area (Å²) >= 11 is 10.5. The van der Waals surface area contributed by atoms with Crippen molar-refractivity contribution >= 4 is 65.8 Å². The van der Waals surface area contributed by atoms with Crippen LogP contribution < -0.4 is 10.0 Å². The van der Waals surface area contributed by atoms with Crippen molar-refractivity contribution < 1.29 is 22.7 Å². The van der Waals surface area contributed by atoms with E-state index >= 15 is 0 Å². The average Bonchev–Trinajstić information content (AvgIpc) is 3.07. The van der Waals surface area contributed by atoms with E-state index in [0.717, 1.165) is 36.1 Å². The normalized spacial score (nSPS) is 13.2. The highest BCUT2D eigenvalue weighted by Crippen LogP contribution is 2.37. The first kappa shape index (κ1) is 23.7. The first-order valence-electron chi connectivity index (χ1n) is 9.16. The molecular formula is C19H17BrClN3O5S2. The summed E-state index contributed by atoms with van der Waals surface area (Å²) in [7, 11) is -4.04. The highest BCUT2D eigenvalue weighted by Gasteiger charge is 2.23. The van der Waals surface area contributed by atoms with Crippen LogP contribution in [0.1, 0.15) is 28.8 Å². The fourth-order valence-corrected chi connectivity index (χ4v) is 6.32. The minimum atomic E-state index is -4.04. The number of thiophene rings is 1. The number of sulfonamides is 1. The summed E-state index contributed by atoms with van der Waals surface area (Å²) < 4.78 is 32.1. The lowest BCUT2D eigenvalue weighted by atomic mass is 9.96. The molecule has 3 rings (SSSR count). The van der Waals surface area contributed by atoms with Gasteiger partial charge in [-0.25, -0.2) is 8.42 Å². The molecule has 31 heavy (non-hydrogen) atoms. The summed E-state index contributed by atoms with van der Waals surface area (Å²) in [6, 6.07) is 6.34. The van der Waals surface area contributed by atoms with Crippen LogP contribution in [0.4, 0.5) is 5.00 Å². The number of hydrogen-bond acceptors (Lipinski definition) is 7. The summed E-state index contributed by atoms with van der Waals surface area (Å²) in [5.41, 5.74) is 1.44. The van der Waals surface area contributed by atoms with Crippen LogP contribution in [0.2, 0.25) is 5.02 Å². The molecule has 2 aromatic rings. The molecule has 0 radical (unpaired) electrons. The second-order valence-electron chi connectivity index (χ2n) is 6.63. The van der Waals surface area contributed by atoms with Crippen LogP contribution in [0.15, 0.2) is 27.6 Å². The van der Waals surface area contributed by atoms with Gasteiger partial charge in [0, 0.05) is 9.35 Å². The third-order valence-electron chi connectivity index (χ3n) is 4.49. The summed E-state index contributed by atoms with van der Waals surface area (Å²) in [5.74, 6) is -1.54. The number of fused-ring (bicyclic) bond motifs is 1. The van der Waals surface area contributed by atoms with E-state index in [4.69, 9.17) is 16.3 Å². The number of anilines is 1. The van der Waals surface area contributed by atoms with Crippen molar-refractivity contribution in [2.45, 2.75) is 30.6 Å². The molecule has 12 heteroatoms. The SMILES string of the molecule is N#Cc1c(NC(=O)COC(=O)CNS(=O)(=O)c2ccc(Br)cc2Cl)sc2c1CCCC2. The van der Waals surface area contributed by atoms with Gasteiger partial charge in [-0.3, -0.25) is 9.59 Å². The molecular weight excluding hydrogens is 530 g/mol. The Morgan fingerprint density at radius 1 is 1.29 bits per heavy atom. The lowest BCUT2D eigenvalue weighted by molar-refractivity contribution is -0.146. The van der Waals surface area contributed by atoms with Crippen molar-refractivity contribution in [1.82, 2.24) is 4.72 Å². The van der Waals surface area contributed by atoms with Gasteiger partial charge < -0.3 is 10.1 Å². The Balaban J connectivity index is 1.52. The molecule has 0 aliphatic heterocycles. The van der Waals surface area contributed by atoms with Gasteiger partial charge in [-0.15, -0.1) is 11.3 Å². The second kappa shape index (κ2) is 10.1. The van der Waals surface area contributed by atoms with Gasteiger partial charge in [0.2, 0.25) is 10.0 Å². The molecule has 8 nitrogen and oxygen atoms in total. The van der Waals surface area contributed by atoms with Crippen molar-refractivity contribution in [2.24, 2.45) is 0 Å². The van der Waals surface area contributed by atoms with Crippen LogP contribution in [-0.4, -0.2) is 33.4 Å². The highest BCUT2D eigenvalue weighted by atomic mass is 79.9. The minimum absolute atomic E-state index is 0.0124. The quantitative estimate of drug-likeness (QED) is 0.513. The van der Waals surface area contributed by atoms with Crippen LogP contribution in [0.25, 0.3) is 0 Å². The Labute approximate surface area is 196 Å². The minimum Gasteiger partial charge on any atom is -0.455 e. The summed E-state index contributed by atoms with van der Waals surface area (Å²) in [4.78, 5) is 24.9. The van der Waals surface area contributed by atoms with Crippen LogP contribution in [-0.2, 0) is 37.2 Å². The fourth-order valence-electron chi connectivity index (χ4n) is 3.06. The van der Waals surface area contributed by atoms with Crippen LogP contribution in [0, 0.1) is 11.3 Å². The number of carbonyl (C=O) groups excluding carboxylic acids is 2. The lowest BCUT2D eigenvalue weighted by Crippen LogP contribution is -2.32. The zero-order valence-corrected chi connectivity index (χ0v) is 20.0. The van der Waals surface area contributed by atoms with Crippen LogP contribution >= 0.6 is 38.9 Å². The Bertz CT molecular complexity index is 1170. The maximum atomic E-state index is 12.3. The molecule has 0 saturated heterocycles. The van der Waals surface area contributed by atoms with Gasteiger partial charge in [0.25, 0.3) is 5.91 Å². The van der Waals surface area contributed by atoms with Crippen molar-refractivity contribution in [2.75, 3.05) is 18.5 Å². The Morgan fingerprint density at radius 3 is 2.74 bits per heavy atom. The van der Waals surface area contributed by atoms with E-state index in [1.165, 1.54) is 29.5 Å². The molecule has 1 heterocycles. The van der Waals surface area contributed by atoms with E-state index in [-0.39, 0.29) is 9.92 Å².